The molecule has 0 N–H and O–H groups in total. The van der Waals surface area contributed by atoms with E-state index in [9.17, 15) is 0 Å². The highest BCUT2D eigenvalue weighted by atomic mass is 28.3. The van der Waals surface area contributed by atoms with Crippen molar-refractivity contribution in [3.8, 4) is 39.1 Å². The van der Waals surface area contributed by atoms with Gasteiger partial charge in [-0.25, -0.2) is 0 Å². The Bertz CT molecular complexity index is 3440. The van der Waals surface area contributed by atoms with Gasteiger partial charge in [0.2, 0.25) is 0 Å². The third-order valence-electron chi connectivity index (χ3n) is 12.9. The molecule has 0 bridgehead atoms. The Labute approximate surface area is 367 Å². The van der Waals surface area contributed by atoms with Gasteiger partial charge in [-0.15, -0.1) is 0 Å². The summed E-state index contributed by atoms with van der Waals surface area (Å²) in [5, 5.41) is 10.1. The first-order chi connectivity index (χ1) is 31.2. The van der Waals surface area contributed by atoms with Crippen LogP contribution in [0.1, 0.15) is 0 Å². The van der Waals surface area contributed by atoms with E-state index in [0.717, 1.165) is 38.7 Å². The lowest BCUT2D eigenvalue weighted by molar-refractivity contribution is 0.669. The van der Waals surface area contributed by atoms with Crippen molar-refractivity contribution in [2.45, 2.75) is 0 Å². The highest BCUT2D eigenvalue weighted by Crippen LogP contribution is 2.39. The molecule has 2 nitrogen and oxygen atoms in total. The number of aromatic nitrogens is 1. The molecule has 0 spiro atoms. The van der Waals surface area contributed by atoms with Crippen LogP contribution < -0.4 is 20.7 Å². The van der Waals surface area contributed by atoms with Gasteiger partial charge in [-0.3, -0.25) is 0 Å². The van der Waals surface area contributed by atoms with Gasteiger partial charge in [0.05, 0.1) is 11.0 Å². The van der Waals surface area contributed by atoms with Gasteiger partial charge in [0.25, 0.3) is 0 Å². The van der Waals surface area contributed by atoms with Gasteiger partial charge < -0.3 is 8.98 Å². The molecule has 2 heterocycles. The van der Waals surface area contributed by atoms with Crippen LogP contribution in [0.2, 0.25) is 0 Å². The van der Waals surface area contributed by atoms with Crippen LogP contribution in [-0.4, -0.2) is 12.6 Å². The van der Waals surface area contributed by atoms with Crippen LogP contribution >= 0.6 is 0 Å². The van der Waals surface area contributed by atoms with E-state index in [1.54, 1.807) is 0 Å². The summed E-state index contributed by atoms with van der Waals surface area (Å²) in [6.07, 6.45) is 0. The first-order valence-electron chi connectivity index (χ1n) is 21.7. The molecule has 3 heteroatoms. The second-order valence-electron chi connectivity index (χ2n) is 16.5. The zero-order valence-electron chi connectivity index (χ0n) is 34.5. The average molecular weight is 820 g/mol. The normalized spacial score (nSPS) is 11.8. The Balaban J connectivity index is 1.16. The van der Waals surface area contributed by atoms with E-state index >= 15 is 0 Å². The molecule has 12 aromatic rings. The van der Waals surface area contributed by atoms with Crippen LogP contribution in [0.5, 0.6) is 0 Å². The van der Waals surface area contributed by atoms with E-state index in [2.05, 4.69) is 241 Å². The minimum Gasteiger partial charge on any atom is -0.456 e. The molecule has 12 rings (SSSR count). The molecule has 0 aliphatic carbocycles. The Kier molecular flexibility index (Phi) is 8.87. The minimum absolute atomic E-state index is 0.902. The number of furan rings is 1. The van der Waals surface area contributed by atoms with Crippen molar-refractivity contribution in [3.05, 3.63) is 249 Å². The monoisotopic (exact) mass is 819 g/mol. The van der Waals surface area contributed by atoms with Crippen LogP contribution in [-0.2, 0) is 0 Å². The number of hydrogen-bond donors (Lipinski definition) is 0. The van der Waals surface area contributed by atoms with Crippen LogP contribution in [0, 0.1) is 0 Å². The first-order valence-corrected chi connectivity index (χ1v) is 23.7. The summed E-state index contributed by atoms with van der Waals surface area (Å²) >= 11 is 0. The smallest absolute Gasteiger partial charge is 0.179 e. The highest BCUT2D eigenvalue weighted by Gasteiger charge is 2.41. The predicted molar refractivity (Wildman–Crippen MR) is 268 cm³/mol. The van der Waals surface area contributed by atoms with Crippen molar-refractivity contribution in [3.63, 3.8) is 0 Å². The molecule has 2 aromatic heterocycles. The molecule has 0 fully saturated rings. The quantitative estimate of drug-likeness (QED) is 0.110. The van der Waals surface area contributed by atoms with E-state index in [1.807, 2.05) is 12.1 Å². The summed E-state index contributed by atoms with van der Waals surface area (Å²) in [5.41, 5.74) is 12.3. The number of benzene rings is 10. The second kappa shape index (κ2) is 15.2. The zero-order chi connectivity index (χ0) is 41.7. The summed E-state index contributed by atoms with van der Waals surface area (Å²) in [6, 6.07) is 91.5. The van der Waals surface area contributed by atoms with Gasteiger partial charge in [-0.05, 0) is 109 Å². The lowest BCUT2D eigenvalue weighted by Crippen LogP contribution is -2.74. The van der Waals surface area contributed by atoms with Gasteiger partial charge >= 0.3 is 0 Å². The molecule has 0 aliphatic rings. The Morgan fingerprint density at radius 3 is 1.29 bits per heavy atom. The Hall–Kier alpha value is -7.98. The first kappa shape index (κ1) is 36.8. The zero-order valence-corrected chi connectivity index (χ0v) is 35.5. The molecule has 0 atom stereocenters. The number of fused-ring (bicyclic) bond motifs is 6. The number of nitrogens with zero attached hydrogens (tertiary/aromatic N) is 1. The van der Waals surface area contributed by atoms with Crippen LogP contribution in [0.4, 0.5) is 0 Å². The van der Waals surface area contributed by atoms with Crippen molar-refractivity contribution in [2.24, 2.45) is 0 Å². The maximum atomic E-state index is 6.26. The summed E-state index contributed by atoms with van der Waals surface area (Å²) in [6.45, 7) is 0. The average Bonchev–Trinajstić information content (AvgIpc) is 3.90. The van der Waals surface area contributed by atoms with E-state index in [4.69, 9.17) is 4.42 Å². The lowest BCUT2D eigenvalue weighted by Gasteiger charge is -2.34. The predicted octanol–water partition coefficient (Wildman–Crippen LogP) is 13.1. The molecule has 10 aromatic carbocycles. The van der Waals surface area contributed by atoms with Gasteiger partial charge in [0, 0.05) is 27.2 Å². The van der Waals surface area contributed by atoms with E-state index in [1.165, 1.54) is 64.9 Å². The molecule has 0 unspecified atom stereocenters. The molecule has 0 saturated heterocycles. The fourth-order valence-corrected chi connectivity index (χ4v) is 14.8. The Morgan fingerprint density at radius 2 is 0.714 bits per heavy atom. The van der Waals surface area contributed by atoms with Gasteiger partial charge in [-0.2, -0.15) is 0 Å². The van der Waals surface area contributed by atoms with Gasteiger partial charge in [-0.1, -0.05) is 194 Å². The largest absolute Gasteiger partial charge is 0.456 e. The van der Waals surface area contributed by atoms with Crippen molar-refractivity contribution in [2.75, 3.05) is 0 Å². The van der Waals surface area contributed by atoms with Crippen molar-refractivity contribution < 1.29 is 4.42 Å². The topological polar surface area (TPSA) is 18.1 Å². The number of hydrogen-bond acceptors (Lipinski definition) is 1. The van der Waals surface area contributed by atoms with E-state index in [0.29, 0.717) is 0 Å². The second-order valence-corrected chi connectivity index (χ2v) is 20.3. The van der Waals surface area contributed by atoms with E-state index in [-0.39, 0.29) is 0 Å². The summed E-state index contributed by atoms with van der Waals surface area (Å²) in [4.78, 5) is 0. The molecular formula is C60H41NOSi. The molecular weight excluding hydrogens is 779 g/mol. The van der Waals surface area contributed by atoms with E-state index < -0.39 is 8.07 Å². The van der Waals surface area contributed by atoms with Gasteiger partial charge in [0.15, 0.2) is 8.07 Å². The number of rotatable bonds is 8. The fourth-order valence-electron chi connectivity index (χ4n) is 10.0. The van der Waals surface area contributed by atoms with Gasteiger partial charge in [0.1, 0.15) is 11.2 Å². The summed E-state index contributed by atoms with van der Waals surface area (Å²) in [5.74, 6) is 0. The Morgan fingerprint density at radius 1 is 0.270 bits per heavy atom. The van der Waals surface area contributed by atoms with Crippen molar-refractivity contribution >= 4 is 72.6 Å². The molecule has 0 aliphatic heterocycles. The highest BCUT2D eigenvalue weighted by molar-refractivity contribution is 7.20. The molecule has 0 saturated carbocycles. The summed E-state index contributed by atoms with van der Waals surface area (Å²) in [7, 11) is -2.83. The van der Waals surface area contributed by atoms with Crippen molar-refractivity contribution in [1.82, 2.24) is 4.57 Å². The maximum Gasteiger partial charge on any atom is 0.179 e. The summed E-state index contributed by atoms with van der Waals surface area (Å²) < 4.78 is 8.75. The molecule has 0 radical (unpaired) electrons. The minimum atomic E-state index is -2.83. The third-order valence-corrected chi connectivity index (χ3v) is 17.7. The van der Waals surface area contributed by atoms with Crippen LogP contribution in [0.15, 0.2) is 253 Å². The molecule has 0 amide bonds. The number of para-hydroxylation sites is 1. The standard InChI is InChI=1S/C60H41NOSi/c1-6-18-42(19-7-1)46-36-47(43-20-8-2-9-21-43)38-48(37-46)61-57-33-30-44(45-31-35-60-56(40-45)53-28-16-17-29-59(53)62-60)39-54(57)55-41-52(32-34-58(55)61)63(49-22-10-3-11-23-49,50-24-12-4-13-25-50)51-26-14-5-15-27-51/h1-41H. The SMILES string of the molecule is c1ccc(-c2cc(-c3ccccc3)cc(-n3c4ccc(-c5ccc6oc7ccccc7c6c5)cc4c4cc([Si](c5ccccc5)(c5ccccc5)c5ccccc5)ccc43)c2)cc1. The van der Waals surface area contributed by atoms with Crippen molar-refractivity contribution in [1.29, 1.82) is 0 Å². The third kappa shape index (κ3) is 6.16. The maximum absolute atomic E-state index is 6.26. The lowest BCUT2D eigenvalue weighted by atomic mass is 9.98. The van der Waals surface area contributed by atoms with Crippen LogP contribution in [0.3, 0.4) is 0 Å². The molecule has 63 heavy (non-hydrogen) atoms. The fraction of sp³-hybridized carbons (Fsp3) is 0. The molecule has 296 valence electrons. The van der Waals surface area contributed by atoms with Crippen LogP contribution in [0.25, 0.3) is 82.8 Å².